The van der Waals surface area contributed by atoms with Gasteiger partial charge in [-0.2, -0.15) is 0 Å². The summed E-state index contributed by atoms with van der Waals surface area (Å²) >= 11 is 5.79. The Morgan fingerprint density at radius 1 is 1.33 bits per heavy atom. The molecule has 0 aliphatic heterocycles. The van der Waals surface area contributed by atoms with Gasteiger partial charge >= 0.3 is 0 Å². The number of pyridine rings is 1. The topological polar surface area (TPSA) is 41.6 Å². The number of nitrogens with one attached hydrogen (secondary N) is 1. The number of aromatic nitrogens is 3. The van der Waals surface area contributed by atoms with E-state index in [1.54, 1.807) is 6.07 Å². The molecule has 2 aromatic rings. The van der Waals surface area contributed by atoms with Crippen LogP contribution in [0.15, 0.2) is 12.1 Å². The molecule has 0 aromatic carbocycles. The van der Waals surface area contributed by atoms with Gasteiger partial charge in [0.2, 0.25) is 0 Å². The highest BCUT2D eigenvalue weighted by molar-refractivity contribution is 6.29. The third kappa shape index (κ3) is 2.48. The molecule has 15 heavy (non-hydrogen) atoms. The molecule has 1 N–H and O–H groups in total. The van der Waals surface area contributed by atoms with E-state index < -0.39 is 0 Å². The molecule has 4 heteroatoms. The fourth-order valence-corrected chi connectivity index (χ4v) is 1.61. The Bertz CT molecular complexity index is 462. The van der Waals surface area contributed by atoms with Crippen LogP contribution in [0.2, 0.25) is 5.15 Å². The van der Waals surface area contributed by atoms with E-state index in [2.05, 4.69) is 28.8 Å². The fraction of sp³-hybridized carbons (Fsp3) is 0.455. The van der Waals surface area contributed by atoms with Gasteiger partial charge in [0.1, 0.15) is 11.0 Å². The number of hydrogen-bond donors (Lipinski definition) is 1. The molecule has 0 saturated heterocycles. The van der Waals surface area contributed by atoms with Crippen molar-refractivity contribution >= 4 is 22.8 Å². The van der Waals surface area contributed by atoms with Gasteiger partial charge in [-0.05, 0) is 24.5 Å². The van der Waals surface area contributed by atoms with Crippen LogP contribution in [0.1, 0.15) is 26.1 Å². The van der Waals surface area contributed by atoms with Crippen LogP contribution in [0.5, 0.6) is 0 Å². The van der Waals surface area contributed by atoms with Crippen LogP contribution in [-0.2, 0) is 6.42 Å². The van der Waals surface area contributed by atoms with Crippen molar-refractivity contribution in [2.75, 3.05) is 0 Å². The standard InChI is InChI=1S/C11H14ClN3/c1-7(2)3-6-10-13-8-4-5-9(12)14-11(8)15-10/h4-5,7H,3,6H2,1-2H3,(H,13,14,15). The van der Waals surface area contributed by atoms with Crippen LogP contribution >= 0.6 is 11.6 Å². The Morgan fingerprint density at radius 3 is 2.87 bits per heavy atom. The van der Waals surface area contributed by atoms with Crippen molar-refractivity contribution in [3.63, 3.8) is 0 Å². The highest BCUT2D eigenvalue weighted by Gasteiger charge is 2.05. The molecule has 3 nitrogen and oxygen atoms in total. The average Bonchev–Trinajstić information content (AvgIpc) is 2.56. The van der Waals surface area contributed by atoms with E-state index >= 15 is 0 Å². The van der Waals surface area contributed by atoms with Gasteiger partial charge in [-0.1, -0.05) is 25.4 Å². The SMILES string of the molecule is CC(C)CCc1nc2nc(Cl)ccc2[nH]1. The van der Waals surface area contributed by atoms with Gasteiger partial charge in [-0.25, -0.2) is 9.97 Å². The molecule has 0 radical (unpaired) electrons. The second-order valence-corrected chi connectivity index (χ2v) is 4.51. The molecule has 80 valence electrons. The van der Waals surface area contributed by atoms with Gasteiger partial charge in [0, 0.05) is 6.42 Å². The number of H-pyrrole nitrogens is 1. The molecular weight excluding hydrogens is 210 g/mol. The van der Waals surface area contributed by atoms with Gasteiger partial charge in [0.15, 0.2) is 5.65 Å². The predicted molar refractivity (Wildman–Crippen MR) is 62.1 cm³/mol. The monoisotopic (exact) mass is 223 g/mol. The summed E-state index contributed by atoms with van der Waals surface area (Å²) in [5.74, 6) is 1.68. The minimum Gasteiger partial charge on any atom is -0.341 e. The molecule has 2 aromatic heterocycles. The van der Waals surface area contributed by atoms with Crippen LogP contribution in [0, 0.1) is 5.92 Å². The number of halogens is 1. The molecule has 2 heterocycles. The average molecular weight is 224 g/mol. The van der Waals surface area contributed by atoms with Crippen LogP contribution < -0.4 is 0 Å². The van der Waals surface area contributed by atoms with Crippen molar-refractivity contribution < 1.29 is 0 Å². The minimum absolute atomic E-state index is 0.490. The lowest BCUT2D eigenvalue weighted by molar-refractivity contribution is 0.577. The summed E-state index contributed by atoms with van der Waals surface area (Å²) in [6.07, 6.45) is 2.10. The van der Waals surface area contributed by atoms with E-state index in [-0.39, 0.29) is 0 Å². The Morgan fingerprint density at radius 2 is 2.13 bits per heavy atom. The van der Waals surface area contributed by atoms with Crippen molar-refractivity contribution in [3.05, 3.63) is 23.1 Å². The molecule has 0 aliphatic carbocycles. The molecule has 0 aliphatic rings. The molecule has 0 saturated carbocycles. The molecule has 0 bridgehead atoms. The summed E-state index contributed by atoms with van der Waals surface area (Å²) in [4.78, 5) is 11.8. The molecule has 0 fully saturated rings. The quantitative estimate of drug-likeness (QED) is 0.812. The third-order valence-corrected chi connectivity index (χ3v) is 2.53. The van der Waals surface area contributed by atoms with Gasteiger partial charge in [0.25, 0.3) is 0 Å². The lowest BCUT2D eigenvalue weighted by Crippen LogP contribution is -1.93. The van der Waals surface area contributed by atoms with E-state index in [1.165, 1.54) is 0 Å². The van der Waals surface area contributed by atoms with E-state index in [0.29, 0.717) is 16.7 Å². The summed E-state index contributed by atoms with van der Waals surface area (Å²) in [6, 6.07) is 3.69. The first-order valence-electron chi connectivity index (χ1n) is 5.16. The summed E-state index contributed by atoms with van der Waals surface area (Å²) in [5, 5.41) is 0.490. The zero-order valence-corrected chi connectivity index (χ0v) is 9.67. The molecule has 0 amide bonds. The van der Waals surface area contributed by atoms with E-state index in [0.717, 1.165) is 24.2 Å². The van der Waals surface area contributed by atoms with Crippen LogP contribution in [-0.4, -0.2) is 15.0 Å². The van der Waals surface area contributed by atoms with Crippen LogP contribution in [0.4, 0.5) is 0 Å². The number of fused-ring (bicyclic) bond motifs is 1. The summed E-state index contributed by atoms with van der Waals surface area (Å²) < 4.78 is 0. The van der Waals surface area contributed by atoms with Crippen molar-refractivity contribution in [2.24, 2.45) is 5.92 Å². The van der Waals surface area contributed by atoms with E-state index in [9.17, 15) is 0 Å². The number of aromatic amines is 1. The Labute approximate surface area is 93.9 Å². The first kappa shape index (κ1) is 10.4. The van der Waals surface area contributed by atoms with Gasteiger partial charge in [0.05, 0.1) is 5.52 Å². The number of imidazole rings is 1. The Kier molecular flexibility index (Phi) is 2.91. The number of rotatable bonds is 3. The van der Waals surface area contributed by atoms with Gasteiger partial charge in [-0.15, -0.1) is 0 Å². The lowest BCUT2D eigenvalue weighted by atomic mass is 10.1. The smallest absolute Gasteiger partial charge is 0.179 e. The minimum atomic E-state index is 0.490. The molecule has 2 rings (SSSR count). The molecular formula is C11H14ClN3. The lowest BCUT2D eigenvalue weighted by Gasteiger charge is -2.00. The zero-order valence-electron chi connectivity index (χ0n) is 8.92. The van der Waals surface area contributed by atoms with Gasteiger partial charge < -0.3 is 4.98 Å². The molecule has 0 atom stereocenters. The second-order valence-electron chi connectivity index (χ2n) is 4.12. The van der Waals surface area contributed by atoms with Crippen LogP contribution in [0.25, 0.3) is 11.2 Å². The first-order chi connectivity index (χ1) is 7.15. The summed E-state index contributed by atoms with van der Waals surface area (Å²) in [7, 11) is 0. The normalized spacial score (nSPS) is 11.5. The zero-order chi connectivity index (χ0) is 10.8. The fourth-order valence-electron chi connectivity index (χ4n) is 1.46. The Balaban J connectivity index is 2.23. The third-order valence-electron chi connectivity index (χ3n) is 2.32. The van der Waals surface area contributed by atoms with E-state index in [1.807, 2.05) is 6.07 Å². The van der Waals surface area contributed by atoms with Crippen molar-refractivity contribution in [1.82, 2.24) is 15.0 Å². The maximum atomic E-state index is 5.79. The van der Waals surface area contributed by atoms with Crippen LogP contribution in [0.3, 0.4) is 0 Å². The number of hydrogen-bond acceptors (Lipinski definition) is 2. The van der Waals surface area contributed by atoms with Crippen molar-refractivity contribution in [1.29, 1.82) is 0 Å². The summed E-state index contributed by atoms with van der Waals surface area (Å²) in [6.45, 7) is 4.41. The summed E-state index contributed by atoms with van der Waals surface area (Å²) in [5.41, 5.74) is 1.67. The number of nitrogens with zero attached hydrogens (tertiary/aromatic N) is 2. The molecule has 0 unspecified atom stereocenters. The second kappa shape index (κ2) is 4.19. The number of aryl methyl sites for hydroxylation is 1. The maximum Gasteiger partial charge on any atom is 0.179 e. The Hall–Kier alpha value is -1.09. The molecule has 0 spiro atoms. The maximum absolute atomic E-state index is 5.79. The first-order valence-corrected chi connectivity index (χ1v) is 5.54. The largest absolute Gasteiger partial charge is 0.341 e. The van der Waals surface area contributed by atoms with E-state index in [4.69, 9.17) is 11.6 Å². The van der Waals surface area contributed by atoms with Gasteiger partial charge in [-0.3, -0.25) is 0 Å². The highest BCUT2D eigenvalue weighted by Crippen LogP contribution is 2.14. The highest BCUT2D eigenvalue weighted by atomic mass is 35.5. The van der Waals surface area contributed by atoms with Crippen molar-refractivity contribution in [3.8, 4) is 0 Å². The van der Waals surface area contributed by atoms with Crippen molar-refractivity contribution in [2.45, 2.75) is 26.7 Å². The predicted octanol–water partition coefficient (Wildman–Crippen LogP) is 3.20.